The lowest BCUT2D eigenvalue weighted by molar-refractivity contribution is -0.131. The molecule has 0 aliphatic carbocycles. The first-order chi connectivity index (χ1) is 8.65. The molecule has 96 valence electrons. The first kappa shape index (κ1) is 13.3. The van der Waals surface area contributed by atoms with E-state index in [-0.39, 0.29) is 4.83 Å². The van der Waals surface area contributed by atoms with Crippen LogP contribution in [0.5, 0.6) is 0 Å². The molecule has 0 bridgehead atoms. The molecule has 1 heterocycles. The standard InChI is InChI=1S/C13H14ClNO2S/c1-2-8-15-10(9-6-4-3-5-7-9)11(12(16)17)18-13(15)14/h3-7,13H,2,8H2,1H3,(H,16,17). The molecule has 3 nitrogen and oxygen atoms in total. The maximum atomic E-state index is 11.3. The van der Waals surface area contributed by atoms with Crippen LogP contribution in [-0.4, -0.2) is 27.4 Å². The highest BCUT2D eigenvalue weighted by Gasteiger charge is 2.34. The Morgan fingerprint density at radius 3 is 2.67 bits per heavy atom. The first-order valence-electron chi connectivity index (χ1n) is 5.75. The summed E-state index contributed by atoms with van der Waals surface area (Å²) in [6, 6.07) is 9.54. The number of benzene rings is 1. The van der Waals surface area contributed by atoms with Gasteiger partial charge in [-0.15, -0.1) is 0 Å². The minimum atomic E-state index is -0.914. The van der Waals surface area contributed by atoms with E-state index in [0.717, 1.165) is 24.2 Å². The van der Waals surface area contributed by atoms with Gasteiger partial charge in [0.25, 0.3) is 0 Å². The molecule has 0 saturated heterocycles. The van der Waals surface area contributed by atoms with Gasteiger partial charge in [-0.3, -0.25) is 0 Å². The molecule has 0 radical (unpaired) electrons. The van der Waals surface area contributed by atoms with Crippen LogP contribution < -0.4 is 0 Å². The van der Waals surface area contributed by atoms with Crippen LogP contribution in [0.3, 0.4) is 0 Å². The third-order valence-corrected chi connectivity index (χ3v) is 4.22. The van der Waals surface area contributed by atoms with Gasteiger partial charge < -0.3 is 10.0 Å². The van der Waals surface area contributed by atoms with Gasteiger partial charge in [-0.2, -0.15) is 0 Å². The predicted octanol–water partition coefficient (Wildman–Crippen LogP) is 3.42. The van der Waals surface area contributed by atoms with E-state index >= 15 is 0 Å². The fourth-order valence-electron chi connectivity index (χ4n) is 1.95. The number of nitrogens with zero attached hydrogens (tertiary/aromatic N) is 1. The zero-order valence-electron chi connectivity index (χ0n) is 9.97. The topological polar surface area (TPSA) is 40.5 Å². The summed E-state index contributed by atoms with van der Waals surface area (Å²) in [5.74, 6) is -0.914. The Morgan fingerprint density at radius 1 is 1.44 bits per heavy atom. The maximum absolute atomic E-state index is 11.3. The Hall–Kier alpha value is -1.13. The number of carbonyl (C=O) groups is 1. The molecule has 1 atom stereocenters. The second kappa shape index (κ2) is 5.67. The van der Waals surface area contributed by atoms with Gasteiger partial charge in [0.1, 0.15) is 4.91 Å². The second-order valence-electron chi connectivity index (χ2n) is 3.95. The van der Waals surface area contributed by atoms with Crippen molar-refractivity contribution in [2.45, 2.75) is 18.2 Å². The van der Waals surface area contributed by atoms with Crippen LogP contribution >= 0.6 is 23.4 Å². The van der Waals surface area contributed by atoms with E-state index in [1.807, 2.05) is 35.2 Å². The van der Waals surface area contributed by atoms with E-state index in [0.29, 0.717) is 4.91 Å². The van der Waals surface area contributed by atoms with Crippen LogP contribution in [0.15, 0.2) is 35.2 Å². The third-order valence-electron chi connectivity index (χ3n) is 2.67. The molecule has 1 aliphatic rings. The molecule has 1 N–H and O–H groups in total. The van der Waals surface area contributed by atoms with Crippen molar-refractivity contribution >= 4 is 35.0 Å². The van der Waals surface area contributed by atoms with Gasteiger partial charge in [0.15, 0.2) is 4.83 Å². The van der Waals surface area contributed by atoms with Crippen molar-refractivity contribution in [1.82, 2.24) is 4.90 Å². The monoisotopic (exact) mass is 283 g/mol. The average Bonchev–Trinajstić information content (AvgIpc) is 2.69. The Morgan fingerprint density at radius 2 is 2.11 bits per heavy atom. The smallest absolute Gasteiger partial charge is 0.344 e. The van der Waals surface area contributed by atoms with Crippen molar-refractivity contribution in [3.63, 3.8) is 0 Å². The summed E-state index contributed by atoms with van der Waals surface area (Å²) < 4.78 is 0. The normalized spacial score (nSPS) is 19.4. The van der Waals surface area contributed by atoms with E-state index in [2.05, 4.69) is 6.92 Å². The fourth-order valence-corrected chi connectivity index (χ4v) is 3.39. The minimum Gasteiger partial charge on any atom is -0.477 e. The molecule has 0 aromatic heterocycles. The molecule has 1 unspecified atom stereocenters. The molecule has 5 heteroatoms. The highest BCUT2D eigenvalue weighted by Crippen LogP contribution is 2.44. The van der Waals surface area contributed by atoms with Crippen LogP contribution in [0.25, 0.3) is 5.70 Å². The van der Waals surface area contributed by atoms with E-state index in [1.54, 1.807) is 0 Å². The number of carboxylic acid groups (broad SMARTS) is 1. The number of hydrogen-bond donors (Lipinski definition) is 1. The van der Waals surface area contributed by atoms with Crippen LogP contribution in [-0.2, 0) is 4.79 Å². The SMILES string of the molecule is CCCN1C(c2ccccc2)=C(C(=O)O)SC1Cl. The van der Waals surface area contributed by atoms with Crippen LogP contribution in [0.1, 0.15) is 18.9 Å². The van der Waals surface area contributed by atoms with Gasteiger partial charge in [0.05, 0.1) is 5.70 Å². The molecule has 18 heavy (non-hydrogen) atoms. The first-order valence-corrected chi connectivity index (χ1v) is 7.07. The van der Waals surface area contributed by atoms with Gasteiger partial charge in [0.2, 0.25) is 0 Å². The zero-order chi connectivity index (χ0) is 13.1. The molecule has 0 amide bonds. The van der Waals surface area contributed by atoms with Gasteiger partial charge in [0, 0.05) is 6.54 Å². The molecule has 1 aliphatic heterocycles. The average molecular weight is 284 g/mol. The lowest BCUT2D eigenvalue weighted by Crippen LogP contribution is -2.24. The molecule has 1 aromatic rings. The van der Waals surface area contributed by atoms with Gasteiger partial charge in [-0.25, -0.2) is 4.79 Å². The summed E-state index contributed by atoms with van der Waals surface area (Å²) in [4.78, 5) is 13.3. The number of thioether (sulfide) groups is 1. The molecule has 1 aromatic carbocycles. The molecular weight excluding hydrogens is 270 g/mol. The zero-order valence-corrected chi connectivity index (χ0v) is 11.5. The lowest BCUT2D eigenvalue weighted by Gasteiger charge is -2.24. The van der Waals surface area contributed by atoms with Crippen LogP contribution in [0.4, 0.5) is 0 Å². The quantitative estimate of drug-likeness (QED) is 0.679. The van der Waals surface area contributed by atoms with Crippen molar-refractivity contribution in [2.75, 3.05) is 6.54 Å². The van der Waals surface area contributed by atoms with Crippen LogP contribution in [0.2, 0.25) is 0 Å². The van der Waals surface area contributed by atoms with E-state index < -0.39 is 5.97 Å². The van der Waals surface area contributed by atoms with Gasteiger partial charge in [-0.05, 0) is 12.0 Å². The van der Waals surface area contributed by atoms with Crippen molar-refractivity contribution in [2.24, 2.45) is 0 Å². The van der Waals surface area contributed by atoms with Crippen molar-refractivity contribution < 1.29 is 9.90 Å². The van der Waals surface area contributed by atoms with Crippen molar-refractivity contribution in [3.8, 4) is 0 Å². The number of halogens is 1. The number of aliphatic carboxylic acids is 1. The maximum Gasteiger partial charge on any atom is 0.344 e. The van der Waals surface area contributed by atoms with Crippen molar-refractivity contribution in [1.29, 1.82) is 0 Å². The predicted molar refractivity (Wildman–Crippen MR) is 75.2 cm³/mol. The lowest BCUT2D eigenvalue weighted by atomic mass is 10.1. The Kier molecular flexibility index (Phi) is 4.19. The van der Waals surface area contributed by atoms with Gasteiger partial charge in [-0.1, -0.05) is 60.6 Å². The van der Waals surface area contributed by atoms with Gasteiger partial charge >= 0.3 is 5.97 Å². The molecule has 2 rings (SSSR count). The van der Waals surface area contributed by atoms with Crippen LogP contribution in [0, 0.1) is 0 Å². The Balaban J connectivity index is 2.47. The Bertz CT molecular complexity index is 475. The van der Waals surface area contributed by atoms with Crippen molar-refractivity contribution in [3.05, 3.63) is 40.8 Å². The summed E-state index contributed by atoms with van der Waals surface area (Å²) in [7, 11) is 0. The number of rotatable bonds is 4. The highest BCUT2D eigenvalue weighted by molar-refractivity contribution is 8.06. The van der Waals surface area contributed by atoms with E-state index in [4.69, 9.17) is 11.6 Å². The number of hydrogen-bond acceptors (Lipinski definition) is 3. The minimum absolute atomic E-state index is 0.328. The summed E-state index contributed by atoms with van der Waals surface area (Å²) in [6.45, 7) is 2.80. The largest absolute Gasteiger partial charge is 0.477 e. The number of alkyl halides is 1. The summed E-state index contributed by atoms with van der Waals surface area (Å²) in [5.41, 5.74) is 1.63. The number of carboxylic acids is 1. The van der Waals surface area contributed by atoms with E-state index in [9.17, 15) is 9.90 Å². The summed E-state index contributed by atoms with van der Waals surface area (Å²) >= 11 is 7.42. The molecule has 0 saturated carbocycles. The van der Waals surface area contributed by atoms with E-state index in [1.165, 1.54) is 11.8 Å². The second-order valence-corrected chi connectivity index (χ2v) is 5.71. The molecular formula is C13H14ClNO2S. The summed E-state index contributed by atoms with van der Waals surface area (Å²) in [5, 5.41) is 9.28. The highest BCUT2D eigenvalue weighted by atomic mass is 35.5. The Labute approximate surface area is 115 Å². The molecule has 0 spiro atoms. The summed E-state index contributed by atoms with van der Waals surface area (Å²) in [6.07, 6.45) is 0.924. The fraction of sp³-hybridized carbons (Fsp3) is 0.308. The molecule has 0 fully saturated rings. The third kappa shape index (κ3) is 2.49.